The first-order valence-electron chi connectivity index (χ1n) is 9.31. The molecule has 5 nitrogen and oxygen atoms in total. The summed E-state index contributed by atoms with van der Waals surface area (Å²) in [6.45, 7) is 2.02. The Balaban J connectivity index is 1.27. The first-order valence-corrected chi connectivity index (χ1v) is 9.69. The Kier molecular flexibility index (Phi) is 5.50. The first-order chi connectivity index (χ1) is 13.2. The monoisotopic (exact) mass is 386 g/mol. The van der Waals surface area contributed by atoms with Gasteiger partial charge in [0.25, 0.3) is 0 Å². The number of nitrogens with zero attached hydrogens (tertiary/aromatic N) is 1. The van der Waals surface area contributed by atoms with Crippen LogP contribution in [0, 0.1) is 0 Å². The van der Waals surface area contributed by atoms with E-state index in [2.05, 4.69) is 10.2 Å². The van der Waals surface area contributed by atoms with Gasteiger partial charge in [-0.05, 0) is 42.7 Å². The van der Waals surface area contributed by atoms with Crippen LogP contribution in [0.25, 0.3) is 0 Å². The molecule has 2 aromatic carbocycles. The number of halogens is 1. The highest BCUT2D eigenvalue weighted by Gasteiger charge is 2.30. The molecule has 1 aliphatic heterocycles. The predicted molar refractivity (Wildman–Crippen MR) is 104 cm³/mol. The minimum Gasteiger partial charge on any atom is -0.486 e. The van der Waals surface area contributed by atoms with Crippen molar-refractivity contribution in [3.63, 3.8) is 0 Å². The lowest BCUT2D eigenvalue weighted by molar-refractivity contribution is -0.123. The topological polar surface area (TPSA) is 50.8 Å². The smallest absolute Gasteiger partial charge is 0.234 e. The van der Waals surface area contributed by atoms with Crippen LogP contribution in [0.3, 0.4) is 0 Å². The van der Waals surface area contributed by atoms with Gasteiger partial charge in [0.05, 0.1) is 13.1 Å². The van der Waals surface area contributed by atoms with E-state index in [1.807, 2.05) is 48.5 Å². The van der Waals surface area contributed by atoms with E-state index in [0.717, 1.165) is 35.9 Å². The van der Waals surface area contributed by atoms with Crippen molar-refractivity contribution >= 4 is 17.5 Å². The zero-order valence-corrected chi connectivity index (χ0v) is 15.8. The van der Waals surface area contributed by atoms with Gasteiger partial charge in [0.2, 0.25) is 5.91 Å². The van der Waals surface area contributed by atoms with Gasteiger partial charge >= 0.3 is 0 Å². The summed E-state index contributed by atoms with van der Waals surface area (Å²) in [4.78, 5) is 14.7. The Hall–Kier alpha value is -2.24. The molecule has 1 aliphatic carbocycles. The molecule has 2 aliphatic rings. The summed E-state index contributed by atoms with van der Waals surface area (Å²) in [7, 11) is 0. The van der Waals surface area contributed by atoms with Crippen molar-refractivity contribution in [3.05, 3.63) is 59.1 Å². The Labute approximate surface area is 164 Å². The van der Waals surface area contributed by atoms with Gasteiger partial charge < -0.3 is 14.8 Å². The number of hydrogen-bond acceptors (Lipinski definition) is 4. The van der Waals surface area contributed by atoms with E-state index in [4.69, 9.17) is 21.1 Å². The number of fused-ring (bicyclic) bond motifs is 1. The van der Waals surface area contributed by atoms with Crippen molar-refractivity contribution in [1.29, 1.82) is 0 Å². The Morgan fingerprint density at radius 1 is 1.11 bits per heavy atom. The summed E-state index contributed by atoms with van der Waals surface area (Å²) < 4.78 is 11.6. The van der Waals surface area contributed by atoms with Crippen LogP contribution in [-0.4, -0.2) is 42.6 Å². The van der Waals surface area contributed by atoms with Crippen LogP contribution in [0.15, 0.2) is 48.5 Å². The summed E-state index contributed by atoms with van der Waals surface area (Å²) in [5, 5.41) is 3.71. The average molecular weight is 387 g/mol. The fourth-order valence-corrected chi connectivity index (χ4v) is 3.34. The molecule has 0 bridgehead atoms. The number of carbonyl (C=O) groups excluding carboxylic acids is 1. The minimum atomic E-state index is -0.172. The van der Waals surface area contributed by atoms with E-state index in [-0.39, 0.29) is 12.0 Å². The molecule has 1 atom stereocenters. The number of nitrogens with one attached hydrogen (secondary N) is 1. The van der Waals surface area contributed by atoms with E-state index >= 15 is 0 Å². The second-order valence-electron chi connectivity index (χ2n) is 7.06. The molecule has 1 heterocycles. The standard InChI is InChI=1S/C21H23ClN2O3/c22-16-7-5-15(6-8-16)12-24(17-9-10-17)13-21(25)23-11-18-14-26-19-3-1-2-4-20(19)27-18/h1-8,17-18H,9-14H2,(H,23,25). The Morgan fingerprint density at radius 3 is 2.59 bits per heavy atom. The lowest BCUT2D eigenvalue weighted by Crippen LogP contribution is -2.44. The number of para-hydroxylation sites is 2. The summed E-state index contributed by atoms with van der Waals surface area (Å²) >= 11 is 5.95. The third-order valence-corrected chi connectivity index (χ3v) is 5.06. The molecule has 0 radical (unpaired) electrons. The second kappa shape index (κ2) is 8.19. The van der Waals surface area contributed by atoms with Gasteiger partial charge in [0, 0.05) is 17.6 Å². The number of rotatable bonds is 7. The highest BCUT2D eigenvalue weighted by Crippen LogP contribution is 2.31. The van der Waals surface area contributed by atoms with Gasteiger partial charge in [-0.2, -0.15) is 0 Å². The lowest BCUT2D eigenvalue weighted by Gasteiger charge is -2.27. The second-order valence-corrected chi connectivity index (χ2v) is 7.50. The van der Waals surface area contributed by atoms with Crippen molar-refractivity contribution in [2.24, 2.45) is 0 Å². The largest absolute Gasteiger partial charge is 0.486 e. The number of carbonyl (C=O) groups is 1. The van der Waals surface area contributed by atoms with Gasteiger partial charge in [0.15, 0.2) is 11.5 Å². The summed E-state index contributed by atoms with van der Waals surface area (Å²) in [5.41, 5.74) is 1.17. The lowest BCUT2D eigenvalue weighted by atomic mass is 10.2. The molecule has 1 saturated carbocycles. The third kappa shape index (κ3) is 4.93. The van der Waals surface area contributed by atoms with Crippen LogP contribution in [-0.2, 0) is 11.3 Å². The summed E-state index contributed by atoms with van der Waals surface area (Å²) in [6, 6.07) is 15.9. The van der Waals surface area contributed by atoms with Gasteiger partial charge in [-0.3, -0.25) is 9.69 Å². The van der Waals surface area contributed by atoms with E-state index < -0.39 is 0 Å². The van der Waals surface area contributed by atoms with E-state index in [0.29, 0.717) is 25.7 Å². The van der Waals surface area contributed by atoms with E-state index in [1.54, 1.807) is 0 Å². The maximum absolute atomic E-state index is 12.4. The molecule has 0 spiro atoms. The molecule has 4 rings (SSSR count). The highest BCUT2D eigenvalue weighted by atomic mass is 35.5. The fourth-order valence-electron chi connectivity index (χ4n) is 3.21. The van der Waals surface area contributed by atoms with Crippen molar-refractivity contribution in [2.45, 2.75) is 31.5 Å². The number of benzene rings is 2. The van der Waals surface area contributed by atoms with Crippen molar-refractivity contribution < 1.29 is 14.3 Å². The third-order valence-electron chi connectivity index (χ3n) is 4.80. The fraction of sp³-hybridized carbons (Fsp3) is 0.381. The number of ether oxygens (including phenoxy) is 2. The van der Waals surface area contributed by atoms with Crippen LogP contribution in [0.4, 0.5) is 0 Å². The molecule has 142 valence electrons. The maximum atomic E-state index is 12.4. The maximum Gasteiger partial charge on any atom is 0.234 e. The predicted octanol–water partition coefficient (Wildman–Crippen LogP) is 3.26. The Morgan fingerprint density at radius 2 is 1.85 bits per heavy atom. The van der Waals surface area contributed by atoms with Crippen LogP contribution < -0.4 is 14.8 Å². The molecule has 0 saturated heterocycles. The highest BCUT2D eigenvalue weighted by molar-refractivity contribution is 6.30. The minimum absolute atomic E-state index is 0.0123. The van der Waals surface area contributed by atoms with Gasteiger partial charge in [-0.1, -0.05) is 35.9 Å². The molecule has 6 heteroatoms. The average Bonchev–Trinajstić information content (AvgIpc) is 3.53. The zero-order chi connectivity index (χ0) is 18.6. The molecule has 1 amide bonds. The van der Waals surface area contributed by atoms with Crippen LogP contribution in [0.2, 0.25) is 5.02 Å². The molecular formula is C21H23ClN2O3. The number of amides is 1. The van der Waals surface area contributed by atoms with Gasteiger partial charge in [0.1, 0.15) is 12.7 Å². The van der Waals surface area contributed by atoms with Crippen molar-refractivity contribution in [1.82, 2.24) is 10.2 Å². The van der Waals surface area contributed by atoms with Crippen molar-refractivity contribution in [3.8, 4) is 11.5 Å². The summed E-state index contributed by atoms with van der Waals surface area (Å²) in [5.74, 6) is 1.49. The van der Waals surface area contributed by atoms with Crippen LogP contribution >= 0.6 is 11.6 Å². The van der Waals surface area contributed by atoms with Crippen molar-refractivity contribution in [2.75, 3.05) is 19.7 Å². The quantitative estimate of drug-likeness (QED) is 0.793. The normalized spacial score (nSPS) is 18.4. The van der Waals surface area contributed by atoms with Gasteiger partial charge in [-0.25, -0.2) is 0 Å². The molecule has 1 unspecified atom stereocenters. The van der Waals surface area contributed by atoms with E-state index in [9.17, 15) is 4.79 Å². The van der Waals surface area contributed by atoms with Gasteiger partial charge in [-0.15, -0.1) is 0 Å². The molecule has 1 fully saturated rings. The van der Waals surface area contributed by atoms with Crippen LogP contribution in [0.1, 0.15) is 18.4 Å². The SMILES string of the molecule is O=C(CN(Cc1ccc(Cl)cc1)C1CC1)NCC1COc2ccccc2O1. The zero-order valence-electron chi connectivity index (χ0n) is 15.1. The molecular weight excluding hydrogens is 364 g/mol. The molecule has 2 aromatic rings. The van der Waals surface area contributed by atoms with Crippen LogP contribution in [0.5, 0.6) is 11.5 Å². The molecule has 0 aromatic heterocycles. The van der Waals surface area contributed by atoms with E-state index in [1.165, 1.54) is 5.56 Å². The number of hydrogen-bond donors (Lipinski definition) is 1. The summed E-state index contributed by atoms with van der Waals surface area (Å²) in [6.07, 6.45) is 2.13. The Bertz CT molecular complexity index is 792. The first kappa shape index (κ1) is 18.1. The molecule has 1 N–H and O–H groups in total. The molecule has 27 heavy (non-hydrogen) atoms.